The highest BCUT2D eigenvalue weighted by Gasteiger charge is 2.40. The van der Waals surface area contributed by atoms with Crippen LogP contribution in [0.4, 0.5) is 0 Å². The number of hydrogen-bond acceptors (Lipinski definition) is 2. The lowest BCUT2D eigenvalue weighted by atomic mass is 9.74. The van der Waals surface area contributed by atoms with Crippen LogP contribution in [0.3, 0.4) is 0 Å². The van der Waals surface area contributed by atoms with Crippen molar-refractivity contribution in [2.45, 2.75) is 12.3 Å². The van der Waals surface area contributed by atoms with Gasteiger partial charge in [0.2, 0.25) is 0 Å². The van der Waals surface area contributed by atoms with Crippen molar-refractivity contribution in [3.63, 3.8) is 0 Å². The van der Waals surface area contributed by atoms with Crippen molar-refractivity contribution in [3.05, 3.63) is 241 Å². The van der Waals surface area contributed by atoms with Gasteiger partial charge in [-0.3, -0.25) is 0 Å². The minimum absolute atomic E-state index is 0.299. The fourth-order valence-electron chi connectivity index (χ4n) is 9.99. The molecule has 0 saturated heterocycles. The van der Waals surface area contributed by atoms with Crippen molar-refractivity contribution in [2.24, 2.45) is 0 Å². The highest BCUT2D eigenvalue weighted by Crippen LogP contribution is 2.53. The highest BCUT2D eigenvalue weighted by atomic mass is 14.9. The molecule has 12 rings (SSSR count). The standard InChI is InChI=1S/C60H40N2/c1-60(47-18-6-3-7-19-47)54-23-13-12-22-50(54)51-34-33-46(37-55(51)60)57-38-56(61-59(62-57)44-15-4-2-5-16-44)42-28-24-39(25-29-42)40-26-30-43(31-27-40)58-49-21-11-9-17-45(49)36-53-48-20-10-8-14-41(48)32-35-52(53)58/h2-38H,1H3. The van der Waals surface area contributed by atoms with Crippen molar-refractivity contribution < 1.29 is 0 Å². The first-order valence-electron chi connectivity index (χ1n) is 21.4. The van der Waals surface area contributed by atoms with Crippen molar-refractivity contribution in [2.75, 3.05) is 0 Å². The van der Waals surface area contributed by atoms with Crippen LogP contribution in [-0.2, 0) is 5.41 Å². The van der Waals surface area contributed by atoms with Crippen LogP contribution in [0.15, 0.2) is 224 Å². The molecular formula is C60H40N2. The van der Waals surface area contributed by atoms with Crippen LogP contribution >= 0.6 is 0 Å². The smallest absolute Gasteiger partial charge is 0.160 e. The van der Waals surface area contributed by atoms with E-state index in [-0.39, 0.29) is 5.41 Å². The fraction of sp³-hybridized carbons (Fsp3) is 0.0333. The van der Waals surface area contributed by atoms with Crippen molar-refractivity contribution in [1.29, 1.82) is 0 Å². The second kappa shape index (κ2) is 14.4. The molecule has 1 aliphatic rings. The summed E-state index contributed by atoms with van der Waals surface area (Å²) >= 11 is 0. The van der Waals surface area contributed by atoms with Crippen LogP contribution in [0.2, 0.25) is 0 Å². The summed E-state index contributed by atoms with van der Waals surface area (Å²) in [5.74, 6) is 0.710. The third-order valence-corrected chi connectivity index (χ3v) is 13.2. The molecule has 0 spiro atoms. The lowest BCUT2D eigenvalue weighted by Crippen LogP contribution is -2.22. The molecular weight excluding hydrogens is 749 g/mol. The first-order valence-corrected chi connectivity index (χ1v) is 21.4. The van der Waals surface area contributed by atoms with Gasteiger partial charge in [0.1, 0.15) is 0 Å². The van der Waals surface area contributed by atoms with Gasteiger partial charge < -0.3 is 0 Å². The number of fused-ring (bicyclic) bond motifs is 7. The number of hydrogen-bond donors (Lipinski definition) is 0. The molecule has 0 fully saturated rings. The Morgan fingerprint density at radius 2 is 0.887 bits per heavy atom. The molecule has 1 atom stereocenters. The summed E-state index contributed by atoms with van der Waals surface area (Å²) in [5.41, 5.74) is 15.9. The second-order valence-corrected chi connectivity index (χ2v) is 16.6. The average molecular weight is 789 g/mol. The summed E-state index contributed by atoms with van der Waals surface area (Å²) in [6.45, 7) is 2.36. The van der Waals surface area contributed by atoms with Gasteiger partial charge in [-0.15, -0.1) is 0 Å². The normalized spacial score (nSPS) is 14.3. The lowest BCUT2D eigenvalue weighted by Gasteiger charge is -2.28. The summed E-state index contributed by atoms with van der Waals surface area (Å²) < 4.78 is 0. The zero-order valence-corrected chi connectivity index (χ0v) is 34.3. The Labute approximate surface area is 361 Å². The van der Waals surface area contributed by atoms with Gasteiger partial charge in [0.05, 0.1) is 11.4 Å². The van der Waals surface area contributed by atoms with E-state index in [2.05, 4.69) is 213 Å². The van der Waals surface area contributed by atoms with Gasteiger partial charge >= 0.3 is 0 Å². The Morgan fingerprint density at radius 3 is 1.65 bits per heavy atom. The summed E-state index contributed by atoms with van der Waals surface area (Å²) in [5, 5.41) is 7.62. The van der Waals surface area contributed by atoms with Gasteiger partial charge in [-0.2, -0.15) is 0 Å². The molecule has 2 nitrogen and oxygen atoms in total. The minimum Gasteiger partial charge on any atom is -0.228 e. The Morgan fingerprint density at radius 1 is 0.323 bits per heavy atom. The maximum atomic E-state index is 5.23. The van der Waals surface area contributed by atoms with Crippen molar-refractivity contribution in [3.8, 4) is 67.3 Å². The molecule has 0 N–H and O–H groups in total. The van der Waals surface area contributed by atoms with Crippen LogP contribution in [0, 0.1) is 0 Å². The van der Waals surface area contributed by atoms with Gasteiger partial charge in [-0.05, 0) is 108 Å². The summed E-state index contributed by atoms with van der Waals surface area (Å²) in [7, 11) is 0. The monoisotopic (exact) mass is 788 g/mol. The lowest BCUT2D eigenvalue weighted by molar-refractivity contribution is 0.714. The molecule has 0 saturated carbocycles. The van der Waals surface area contributed by atoms with E-state index in [4.69, 9.17) is 9.97 Å². The van der Waals surface area contributed by atoms with Crippen LogP contribution in [0.25, 0.3) is 99.6 Å². The van der Waals surface area contributed by atoms with Crippen LogP contribution < -0.4 is 0 Å². The number of aromatic nitrogens is 2. The van der Waals surface area contributed by atoms with E-state index in [0.717, 1.165) is 33.6 Å². The Kier molecular flexibility index (Phi) is 8.33. The number of benzene rings is 10. The van der Waals surface area contributed by atoms with E-state index in [1.54, 1.807) is 0 Å². The van der Waals surface area contributed by atoms with Gasteiger partial charge in [0, 0.05) is 22.1 Å². The van der Waals surface area contributed by atoms with Crippen molar-refractivity contribution in [1.82, 2.24) is 9.97 Å². The van der Waals surface area contributed by atoms with E-state index < -0.39 is 0 Å². The molecule has 62 heavy (non-hydrogen) atoms. The van der Waals surface area contributed by atoms with E-state index in [1.807, 2.05) is 18.2 Å². The van der Waals surface area contributed by atoms with Crippen LogP contribution in [0.5, 0.6) is 0 Å². The SMILES string of the molecule is CC1(c2ccccc2)c2ccccc2-c2ccc(-c3cc(-c4ccc(-c5ccc(-c6c7ccccc7cc7c6ccc6ccccc67)cc5)cc4)nc(-c4ccccc4)n3)cc21. The fourth-order valence-corrected chi connectivity index (χ4v) is 9.99. The summed E-state index contributed by atoms with van der Waals surface area (Å²) in [6, 6.07) is 81.3. The van der Waals surface area contributed by atoms with E-state index >= 15 is 0 Å². The minimum atomic E-state index is -0.299. The molecule has 1 heterocycles. The molecule has 0 aliphatic heterocycles. The van der Waals surface area contributed by atoms with E-state index in [1.165, 1.54) is 76.8 Å². The van der Waals surface area contributed by atoms with Gasteiger partial charge in [-0.25, -0.2) is 9.97 Å². The molecule has 10 aromatic carbocycles. The molecule has 11 aromatic rings. The van der Waals surface area contributed by atoms with Gasteiger partial charge in [0.15, 0.2) is 5.82 Å². The third-order valence-electron chi connectivity index (χ3n) is 13.2. The predicted molar refractivity (Wildman–Crippen MR) is 259 cm³/mol. The Balaban J connectivity index is 0.922. The molecule has 290 valence electrons. The van der Waals surface area contributed by atoms with Gasteiger partial charge in [0.25, 0.3) is 0 Å². The summed E-state index contributed by atoms with van der Waals surface area (Å²) in [6.07, 6.45) is 0. The largest absolute Gasteiger partial charge is 0.228 e. The van der Waals surface area contributed by atoms with Crippen LogP contribution in [0.1, 0.15) is 23.6 Å². The topological polar surface area (TPSA) is 25.8 Å². The summed E-state index contributed by atoms with van der Waals surface area (Å²) in [4.78, 5) is 10.4. The number of nitrogens with zero attached hydrogens (tertiary/aromatic N) is 2. The predicted octanol–water partition coefficient (Wildman–Crippen LogP) is 15.6. The Hall–Kier alpha value is -7.94. The van der Waals surface area contributed by atoms with E-state index in [0.29, 0.717) is 5.82 Å². The second-order valence-electron chi connectivity index (χ2n) is 16.6. The zero-order valence-electron chi connectivity index (χ0n) is 34.3. The quantitative estimate of drug-likeness (QED) is 0.124. The molecule has 1 aromatic heterocycles. The number of rotatable bonds is 6. The maximum Gasteiger partial charge on any atom is 0.160 e. The van der Waals surface area contributed by atoms with E-state index in [9.17, 15) is 0 Å². The van der Waals surface area contributed by atoms with Gasteiger partial charge in [-0.1, -0.05) is 206 Å². The maximum absolute atomic E-state index is 5.23. The van der Waals surface area contributed by atoms with Crippen molar-refractivity contribution >= 4 is 32.3 Å². The molecule has 0 bridgehead atoms. The highest BCUT2D eigenvalue weighted by molar-refractivity contribution is 6.20. The first-order chi connectivity index (χ1) is 30.6. The molecule has 0 radical (unpaired) electrons. The molecule has 2 heteroatoms. The zero-order chi connectivity index (χ0) is 41.2. The van der Waals surface area contributed by atoms with Crippen LogP contribution in [-0.4, -0.2) is 9.97 Å². The molecule has 1 aliphatic carbocycles. The third kappa shape index (κ3) is 5.79. The molecule has 0 amide bonds. The average Bonchev–Trinajstić information content (AvgIpc) is 3.61. The first kappa shape index (κ1) is 36.0. The molecule has 1 unspecified atom stereocenters. The Bertz CT molecular complexity index is 3500.